The Morgan fingerprint density at radius 1 is 1.08 bits per heavy atom. The number of fused-ring (bicyclic) bond motifs is 2. The summed E-state index contributed by atoms with van der Waals surface area (Å²) in [5.41, 5.74) is 2.29. The number of primary sulfonamides is 1. The number of methoxy groups -OCH3 is 1. The van der Waals surface area contributed by atoms with Crippen LogP contribution in [-0.2, 0) is 21.4 Å². The average Bonchev–Trinajstić information content (AvgIpc) is 3.29. The molecule has 0 bridgehead atoms. The van der Waals surface area contributed by atoms with Gasteiger partial charge in [-0.25, -0.2) is 23.2 Å². The van der Waals surface area contributed by atoms with E-state index in [1.54, 1.807) is 55.5 Å². The summed E-state index contributed by atoms with van der Waals surface area (Å²) in [4.78, 5) is 32.7. The maximum atomic E-state index is 13.5. The highest BCUT2D eigenvalue weighted by Gasteiger charge is 2.20. The first-order valence-electron chi connectivity index (χ1n) is 12.0. The van der Waals surface area contributed by atoms with Crippen molar-refractivity contribution in [3.63, 3.8) is 0 Å². The Balaban J connectivity index is 1.59. The van der Waals surface area contributed by atoms with E-state index in [1.165, 1.54) is 24.1 Å². The molecule has 0 aliphatic carbocycles. The minimum Gasteiger partial charge on any atom is -0.497 e. The van der Waals surface area contributed by atoms with Crippen LogP contribution in [0.15, 0.2) is 74.8 Å². The number of oxazole rings is 1. The summed E-state index contributed by atoms with van der Waals surface area (Å²) in [6.45, 7) is 3.58. The van der Waals surface area contributed by atoms with Crippen molar-refractivity contribution in [2.45, 2.75) is 25.3 Å². The number of aryl methyl sites for hydroxylation is 1. The van der Waals surface area contributed by atoms with Crippen LogP contribution >= 0.6 is 0 Å². The largest absolute Gasteiger partial charge is 0.497 e. The summed E-state index contributed by atoms with van der Waals surface area (Å²) in [6.07, 6.45) is 0. The molecule has 0 aliphatic heterocycles. The van der Waals surface area contributed by atoms with Gasteiger partial charge in [-0.05, 0) is 49.4 Å². The number of benzene rings is 3. The number of rotatable bonds is 7. The molecule has 0 spiro atoms. The zero-order chi connectivity index (χ0) is 27.9. The molecule has 0 unspecified atom stereocenters. The molecule has 0 radical (unpaired) electrons. The highest BCUT2D eigenvalue weighted by molar-refractivity contribution is 7.89. The van der Waals surface area contributed by atoms with Gasteiger partial charge in [0.05, 0.1) is 23.1 Å². The molecule has 2 aromatic heterocycles. The fourth-order valence-corrected chi connectivity index (χ4v) is 4.94. The lowest BCUT2D eigenvalue weighted by Crippen LogP contribution is -2.37. The van der Waals surface area contributed by atoms with Crippen molar-refractivity contribution >= 4 is 43.5 Å². The zero-order valence-corrected chi connectivity index (χ0v) is 22.2. The fraction of sp³-hybridized carbons (Fsp3) is 0.185. The van der Waals surface area contributed by atoms with Gasteiger partial charge in [0, 0.05) is 36.2 Å². The Hall–Kier alpha value is -4.55. The SMILES string of the molecule is CCN(C(=O)Cn1nc(-c2ccc(S(N)(=O)=O)cc2)c2ccc(OC)cc2c1=O)c1ccc2nc(C)oc2c1. The van der Waals surface area contributed by atoms with Crippen molar-refractivity contribution in [2.75, 3.05) is 18.6 Å². The summed E-state index contributed by atoms with van der Waals surface area (Å²) < 4.78 is 35.5. The van der Waals surface area contributed by atoms with E-state index in [9.17, 15) is 18.0 Å². The number of likely N-dealkylation sites (N-methyl/N-ethyl adjacent to an activating group) is 1. The molecule has 0 atom stereocenters. The highest BCUT2D eigenvalue weighted by Crippen LogP contribution is 2.28. The Bertz CT molecular complexity index is 1890. The van der Waals surface area contributed by atoms with E-state index in [4.69, 9.17) is 14.3 Å². The third-order valence-corrected chi connectivity index (χ3v) is 7.25. The van der Waals surface area contributed by atoms with Gasteiger partial charge in [-0.3, -0.25) is 9.59 Å². The van der Waals surface area contributed by atoms with Gasteiger partial charge in [0.1, 0.15) is 17.8 Å². The molecule has 5 rings (SSSR count). The maximum Gasteiger partial charge on any atom is 0.275 e. The lowest BCUT2D eigenvalue weighted by atomic mass is 10.0. The molecule has 0 saturated carbocycles. The Kier molecular flexibility index (Phi) is 6.66. The monoisotopic (exact) mass is 547 g/mol. The van der Waals surface area contributed by atoms with Gasteiger partial charge < -0.3 is 14.1 Å². The number of hydrogen-bond donors (Lipinski definition) is 1. The minimum absolute atomic E-state index is 0.0572. The molecule has 39 heavy (non-hydrogen) atoms. The van der Waals surface area contributed by atoms with E-state index < -0.39 is 15.6 Å². The van der Waals surface area contributed by atoms with Gasteiger partial charge in [0.2, 0.25) is 15.9 Å². The minimum atomic E-state index is -3.89. The molecule has 2 N–H and O–H groups in total. The van der Waals surface area contributed by atoms with Crippen molar-refractivity contribution in [2.24, 2.45) is 5.14 Å². The first-order chi connectivity index (χ1) is 18.6. The normalized spacial score (nSPS) is 11.7. The molecule has 11 nitrogen and oxygen atoms in total. The van der Waals surface area contributed by atoms with E-state index in [-0.39, 0.29) is 17.3 Å². The first kappa shape index (κ1) is 26.1. The Morgan fingerprint density at radius 3 is 2.49 bits per heavy atom. The summed E-state index contributed by atoms with van der Waals surface area (Å²) in [5.74, 6) is 0.619. The summed E-state index contributed by atoms with van der Waals surface area (Å²) in [5, 5.41) is 10.6. The quantitative estimate of drug-likeness (QED) is 0.326. The van der Waals surface area contributed by atoms with Crippen LogP contribution in [0.25, 0.3) is 33.1 Å². The van der Waals surface area contributed by atoms with Crippen LogP contribution in [0.4, 0.5) is 5.69 Å². The Labute approximate surface area is 223 Å². The number of ether oxygens (including phenoxy) is 1. The predicted octanol–water partition coefficient (Wildman–Crippen LogP) is 3.22. The average molecular weight is 548 g/mol. The van der Waals surface area contributed by atoms with Crippen LogP contribution in [0.2, 0.25) is 0 Å². The van der Waals surface area contributed by atoms with Crippen molar-refractivity contribution < 1.29 is 22.4 Å². The number of carbonyl (C=O) groups is 1. The molecule has 5 aromatic rings. The summed E-state index contributed by atoms with van der Waals surface area (Å²) >= 11 is 0. The van der Waals surface area contributed by atoms with E-state index in [0.717, 1.165) is 4.68 Å². The Morgan fingerprint density at radius 2 is 1.82 bits per heavy atom. The lowest BCUT2D eigenvalue weighted by molar-refractivity contribution is -0.119. The number of amides is 1. The fourth-order valence-electron chi connectivity index (χ4n) is 4.43. The zero-order valence-electron chi connectivity index (χ0n) is 21.4. The van der Waals surface area contributed by atoms with E-state index in [1.807, 2.05) is 6.92 Å². The number of nitrogens with zero attached hydrogens (tertiary/aromatic N) is 4. The number of aromatic nitrogens is 3. The molecular weight excluding hydrogens is 522 g/mol. The summed E-state index contributed by atoms with van der Waals surface area (Å²) in [6, 6.07) is 16.1. The van der Waals surface area contributed by atoms with Crippen LogP contribution < -0.4 is 20.3 Å². The van der Waals surface area contributed by atoms with Crippen LogP contribution in [0.3, 0.4) is 0 Å². The van der Waals surface area contributed by atoms with E-state index >= 15 is 0 Å². The molecule has 3 aromatic carbocycles. The molecule has 12 heteroatoms. The van der Waals surface area contributed by atoms with Crippen molar-refractivity contribution in [1.82, 2.24) is 14.8 Å². The third kappa shape index (κ3) is 4.99. The number of hydrogen-bond acceptors (Lipinski definition) is 8. The molecule has 0 saturated heterocycles. The topological polar surface area (TPSA) is 151 Å². The van der Waals surface area contributed by atoms with Crippen molar-refractivity contribution in [3.05, 3.63) is 76.9 Å². The molecule has 0 fully saturated rings. The highest BCUT2D eigenvalue weighted by atomic mass is 32.2. The second kappa shape index (κ2) is 9.97. The van der Waals surface area contributed by atoms with Gasteiger partial charge in [-0.15, -0.1) is 0 Å². The second-order valence-electron chi connectivity index (χ2n) is 8.82. The van der Waals surface area contributed by atoms with Gasteiger partial charge in [0.15, 0.2) is 11.5 Å². The molecule has 2 heterocycles. The van der Waals surface area contributed by atoms with Gasteiger partial charge in [0.25, 0.3) is 5.56 Å². The third-order valence-electron chi connectivity index (χ3n) is 6.32. The van der Waals surface area contributed by atoms with Crippen molar-refractivity contribution in [1.29, 1.82) is 0 Å². The van der Waals surface area contributed by atoms with E-state index in [2.05, 4.69) is 10.1 Å². The van der Waals surface area contributed by atoms with Gasteiger partial charge in [-0.1, -0.05) is 12.1 Å². The molecule has 1 amide bonds. The molecular formula is C27H25N5O6S. The van der Waals surface area contributed by atoms with Crippen LogP contribution in [0.1, 0.15) is 12.8 Å². The standard InChI is InChI=1S/C27H25N5O6S/c1-4-31(18-7-12-23-24(13-18)38-16(2)29-23)25(33)15-32-27(34)22-14-19(37-3)8-11-21(22)26(30-32)17-5-9-20(10-6-17)39(28,35)36/h5-14H,4,15H2,1-3H3,(H2,28,35,36). The van der Waals surface area contributed by atoms with Crippen LogP contribution in [0, 0.1) is 6.92 Å². The van der Waals surface area contributed by atoms with Crippen molar-refractivity contribution in [3.8, 4) is 17.0 Å². The first-order valence-corrected chi connectivity index (χ1v) is 13.5. The predicted molar refractivity (Wildman–Crippen MR) is 146 cm³/mol. The summed E-state index contributed by atoms with van der Waals surface area (Å²) in [7, 11) is -2.40. The second-order valence-corrected chi connectivity index (χ2v) is 10.4. The van der Waals surface area contributed by atoms with Gasteiger partial charge in [-0.2, -0.15) is 5.10 Å². The number of carbonyl (C=O) groups excluding carboxylic acids is 1. The lowest BCUT2D eigenvalue weighted by Gasteiger charge is -2.21. The van der Waals surface area contributed by atoms with Crippen LogP contribution in [0.5, 0.6) is 5.75 Å². The maximum absolute atomic E-state index is 13.5. The van der Waals surface area contributed by atoms with Crippen LogP contribution in [-0.4, -0.2) is 42.7 Å². The number of nitrogens with two attached hydrogens (primary N) is 1. The molecule has 200 valence electrons. The number of anilines is 1. The van der Waals surface area contributed by atoms with Gasteiger partial charge >= 0.3 is 0 Å². The smallest absolute Gasteiger partial charge is 0.275 e. The van der Waals surface area contributed by atoms with E-state index in [0.29, 0.717) is 57.0 Å². The molecule has 0 aliphatic rings. The number of sulfonamides is 1.